The van der Waals surface area contributed by atoms with Crippen LogP contribution >= 0.6 is 0 Å². The van der Waals surface area contributed by atoms with Gasteiger partial charge in [0.25, 0.3) is 0 Å². The molecule has 96 valence electrons. The zero-order chi connectivity index (χ0) is 12.9. The molecule has 0 heterocycles. The Bertz CT molecular complexity index is 335. The van der Waals surface area contributed by atoms with E-state index >= 15 is 0 Å². The van der Waals surface area contributed by atoms with Crippen molar-refractivity contribution in [3.05, 3.63) is 35.4 Å². The largest absolute Gasteiger partial charge is 0.385 e. The van der Waals surface area contributed by atoms with E-state index in [2.05, 4.69) is 0 Å². The van der Waals surface area contributed by atoms with E-state index in [1.54, 1.807) is 12.1 Å². The summed E-state index contributed by atoms with van der Waals surface area (Å²) in [4.78, 5) is 0. The lowest BCUT2D eigenvalue weighted by molar-refractivity contribution is -0.0333. The van der Waals surface area contributed by atoms with E-state index in [1.807, 2.05) is 26.0 Å². The Kier molecular flexibility index (Phi) is 5.06. The fourth-order valence-electron chi connectivity index (χ4n) is 2.08. The van der Waals surface area contributed by atoms with Gasteiger partial charge in [0.05, 0.1) is 5.60 Å². The van der Waals surface area contributed by atoms with E-state index in [1.165, 1.54) is 0 Å². The summed E-state index contributed by atoms with van der Waals surface area (Å²) in [5, 5.41) is 10.3. The molecular weight excluding hydrogens is 222 g/mol. The molecule has 0 radical (unpaired) electrons. The number of alkyl halides is 2. The Morgan fingerprint density at radius 2 is 1.76 bits per heavy atom. The summed E-state index contributed by atoms with van der Waals surface area (Å²) >= 11 is 0. The van der Waals surface area contributed by atoms with Crippen LogP contribution in [0, 0.1) is 0 Å². The number of halogens is 2. The molecular formula is C14H20F2O. The average molecular weight is 242 g/mol. The molecule has 1 rings (SSSR count). The van der Waals surface area contributed by atoms with Crippen molar-refractivity contribution < 1.29 is 13.9 Å². The van der Waals surface area contributed by atoms with Crippen molar-refractivity contribution in [2.45, 2.75) is 51.6 Å². The smallest absolute Gasteiger partial charge is 0.241 e. The van der Waals surface area contributed by atoms with Crippen molar-refractivity contribution in [2.75, 3.05) is 0 Å². The summed E-state index contributed by atoms with van der Waals surface area (Å²) < 4.78 is 25.0. The second-order valence-corrected chi connectivity index (χ2v) is 4.43. The fourth-order valence-corrected chi connectivity index (χ4v) is 2.08. The summed E-state index contributed by atoms with van der Waals surface area (Å²) in [6, 6.07) is 7.30. The van der Waals surface area contributed by atoms with E-state index in [4.69, 9.17) is 0 Å². The molecule has 1 nitrogen and oxygen atoms in total. The Labute approximate surface area is 101 Å². The summed E-state index contributed by atoms with van der Waals surface area (Å²) in [7, 11) is 0. The summed E-state index contributed by atoms with van der Waals surface area (Å²) in [5.41, 5.74) is 0.344. The van der Waals surface area contributed by atoms with E-state index in [0.29, 0.717) is 18.4 Å². The Morgan fingerprint density at radius 1 is 1.18 bits per heavy atom. The van der Waals surface area contributed by atoms with Crippen molar-refractivity contribution in [1.29, 1.82) is 0 Å². The van der Waals surface area contributed by atoms with Crippen LogP contribution in [0.1, 0.15) is 44.2 Å². The third-order valence-corrected chi connectivity index (χ3v) is 3.06. The summed E-state index contributed by atoms with van der Waals surface area (Å²) in [6.07, 6.45) is -1.03. The molecule has 0 spiro atoms. The first-order valence-electron chi connectivity index (χ1n) is 6.11. The number of rotatable bonds is 6. The Hall–Kier alpha value is -0.960. The SMILES string of the molecule is CCCC(O)(CC(F)F)c1ccc(CC)cc1. The van der Waals surface area contributed by atoms with Crippen LogP contribution in [0.5, 0.6) is 0 Å². The predicted octanol–water partition coefficient (Wildman–Crippen LogP) is 3.89. The molecule has 1 atom stereocenters. The Balaban J connectivity index is 2.95. The van der Waals surface area contributed by atoms with E-state index in [0.717, 1.165) is 12.0 Å². The molecule has 0 saturated carbocycles. The topological polar surface area (TPSA) is 20.2 Å². The Morgan fingerprint density at radius 3 is 2.18 bits per heavy atom. The van der Waals surface area contributed by atoms with Crippen LogP contribution in [-0.2, 0) is 12.0 Å². The molecule has 0 bridgehead atoms. The van der Waals surface area contributed by atoms with E-state index in [-0.39, 0.29) is 0 Å². The maximum Gasteiger partial charge on any atom is 0.241 e. The van der Waals surface area contributed by atoms with Gasteiger partial charge in [0.2, 0.25) is 6.43 Å². The average Bonchev–Trinajstić information content (AvgIpc) is 2.28. The molecule has 0 saturated heterocycles. The molecule has 0 amide bonds. The van der Waals surface area contributed by atoms with Gasteiger partial charge in [0.1, 0.15) is 0 Å². The number of aryl methyl sites for hydroxylation is 1. The van der Waals surface area contributed by atoms with Crippen molar-refractivity contribution in [3.8, 4) is 0 Å². The second kappa shape index (κ2) is 6.10. The van der Waals surface area contributed by atoms with Gasteiger partial charge in [-0.3, -0.25) is 0 Å². The first-order valence-corrected chi connectivity index (χ1v) is 6.11. The molecule has 0 aromatic heterocycles. The minimum atomic E-state index is -2.49. The van der Waals surface area contributed by atoms with Crippen molar-refractivity contribution >= 4 is 0 Å². The number of benzene rings is 1. The van der Waals surface area contributed by atoms with Gasteiger partial charge in [-0.25, -0.2) is 8.78 Å². The molecule has 17 heavy (non-hydrogen) atoms. The number of hydrogen-bond donors (Lipinski definition) is 1. The molecule has 1 unspecified atom stereocenters. The summed E-state index contributed by atoms with van der Waals surface area (Å²) in [5.74, 6) is 0. The molecule has 3 heteroatoms. The summed E-state index contributed by atoms with van der Waals surface area (Å²) in [6.45, 7) is 3.92. The molecule has 1 aromatic rings. The quantitative estimate of drug-likeness (QED) is 0.802. The maximum absolute atomic E-state index is 12.5. The lowest BCUT2D eigenvalue weighted by Gasteiger charge is -2.28. The van der Waals surface area contributed by atoms with Crippen LogP contribution in [0.2, 0.25) is 0 Å². The van der Waals surface area contributed by atoms with Crippen molar-refractivity contribution in [1.82, 2.24) is 0 Å². The second-order valence-electron chi connectivity index (χ2n) is 4.43. The minimum absolute atomic E-state index is 0.364. The molecule has 1 aromatic carbocycles. The first-order chi connectivity index (χ1) is 8.01. The van der Waals surface area contributed by atoms with Gasteiger partial charge in [-0.1, -0.05) is 44.5 Å². The van der Waals surface area contributed by atoms with Gasteiger partial charge in [0, 0.05) is 6.42 Å². The van der Waals surface area contributed by atoms with Gasteiger partial charge in [-0.15, -0.1) is 0 Å². The highest BCUT2D eigenvalue weighted by atomic mass is 19.3. The zero-order valence-corrected chi connectivity index (χ0v) is 10.4. The van der Waals surface area contributed by atoms with Crippen LogP contribution in [0.15, 0.2) is 24.3 Å². The number of hydrogen-bond acceptors (Lipinski definition) is 1. The maximum atomic E-state index is 12.5. The lowest BCUT2D eigenvalue weighted by atomic mass is 9.86. The zero-order valence-electron chi connectivity index (χ0n) is 10.4. The van der Waals surface area contributed by atoms with Crippen molar-refractivity contribution in [3.63, 3.8) is 0 Å². The molecule has 0 aliphatic rings. The van der Waals surface area contributed by atoms with Gasteiger partial charge < -0.3 is 5.11 Å². The molecule has 0 fully saturated rings. The van der Waals surface area contributed by atoms with Gasteiger partial charge in [-0.05, 0) is 24.0 Å². The van der Waals surface area contributed by atoms with Crippen LogP contribution in [0.25, 0.3) is 0 Å². The molecule has 0 aliphatic carbocycles. The number of aliphatic hydroxyl groups is 1. The highest BCUT2D eigenvalue weighted by molar-refractivity contribution is 5.27. The van der Waals surface area contributed by atoms with Crippen LogP contribution < -0.4 is 0 Å². The van der Waals surface area contributed by atoms with Gasteiger partial charge in [0.15, 0.2) is 0 Å². The third kappa shape index (κ3) is 3.77. The van der Waals surface area contributed by atoms with Crippen LogP contribution in [0.4, 0.5) is 8.78 Å². The van der Waals surface area contributed by atoms with Gasteiger partial charge in [-0.2, -0.15) is 0 Å². The van der Waals surface area contributed by atoms with Crippen molar-refractivity contribution in [2.24, 2.45) is 0 Å². The first kappa shape index (κ1) is 14.1. The fraction of sp³-hybridized carbons (Fsp3) is 0.571. The van der Waals surface area contributed by atoms with Crippen LogP contribution in [-0.4, -0.2) is 11.5 Å². The predicted molar refractivity (Wildman–Crippen MR) is 65.2 cm³/mol. The molecule has 0 aliphatic heterocycles. The standard InChI is InChI=1S/C14H20F2O/c1-3-9-14(17,10-13(15)16)12-7-5-11(4-2)6-8-12/h5-8,13,17H,3-4,9-10H2,1-2H3. The van der Waals surface area contributed by atoms with Crippen LogP contribution in [0.3, 0.4) is 0 Å². The normalized spacial score (nSPS) is 14.9. The van der Waals surface area contributed by atoms with E-state index in [9.17, 15) is 13.9 Å². The minimum Gasteiger partial charge on any atom is -0.385 e. The lowest BCUT2D eigenvalue weighted by Crippen LogP contribution is -2.28. The van der Waals surface area contributed by atoms with Gasteiger partial charge >= 0.3 is 0 Å². The third-order valence-electron chi connectivity index (χ3n) is 3.06. The molecule has 1 N–H and O–H groups in total. The van der Waals surface area contributed by atoms with E-state index < -0.39 is 18.4 Å². The monoisotopic (exact) mass is 242 g/mol. The highest BCUT2D eigenvalue weighted by Gasteiger charge is 2.31. The highest BCUT2D eigenvalue weighted by Crippen LogP contribution is 2.32.